The second-order valence-electron chi connectivity index (χ2n) is 6.03. The number of halogens is 5. The van der Waals surface area contributed by atoms with Crippen LogP contribution in [-0.4, -0.2) is 25.2 Å². The minimum Gasteiger partial charge on any atom is -0.478 e. The molecule has 3 rings (SSSR count). The minimum absolute atomic E-state index is 0.139. The molecule has 0 saturated carbocycles. The van der Waals surface area contributed by atoms with Gasteiger partial charge in [-0.3, -0.25) is 14.3 Å². The topological polar surface area (TPSA) is 94.2 Å². The van der Waals surface area contributed by atoms with Gasteiger partial charge in [-0.1, -0.05) is 11.6 Å². The number of carboxylic acid groups (broad SMARTS) is 1. The molecule has 0 radical (unpaired) electrons. The summed E-state index contributed by atoms with van der Waals surface area (Å²) in [6.07, 6.45) is -3.75. The van der Waals surface area contributed by atoms with Gasteiger partial charge in [-0.15, -0.1) is 0 Å². The van der Waals surface area contributed by atoms with Crippen molar-refractivity contribution in [2.45, 2.75) is 6.18 Å². The van der Waals surface area contributed by atoms with E-state index >= 15 is 0 Å². The van der Waals surface area contributed by atoms with Crippen LogP contribution in [0.2, 0.25) is 5.02 Å². The van der Waals surface area contributed by atoms with Crippen molar-refractivity contribution in [3.8, 4) is 16.9 Å². The van der Waals surface area contributed by atoms with Gasteiger partial charge < -0.3 is 5.11 Å². The smallest absolute Gasteiger partial charge is 0.431 e. The van der Waals surface area contributed by atoms with Crippen molar-refractivity contribution in [3.63, 3.8) is 0 Å². The number of benzene rings is 1. The number of carbonyl (C=O) groups is 1. The molecule has 0 saturated heterocycles. The number of rotatable bonds is 3. The highest BCUT2D eigenvalue weighted by molar-refractivity contribution is 6.33. The van der Waals surface area contributed by atoms with Crippen molar-refractivity contribution in [2.75, 3.05) is 0 Å². The summed E-state index contributed by atoms with van der Waals surface area (Å²) < 4.78 is 54.0. The highest BCUT2D eigenvalue weighted by atomic mass is 35.5. The van der Waals surface area contributed by atoms with Gasteiger partial charge in [-0.05, 0) is 24.3 Å². The first kappa shape index (κ1) is 21.2. The van der Waals surface area contributed by atoms with Crippen LogP contribution in [0.1, 0.15) is 16.1 Å². The number of alkyl halides is 3. The Morgan fingerprint density at radius 2 is 1.87 bits per heavy atom. The van der Waals surface area contributed by atoms with E-state index in [4.69, 9.17) is 11.6 Å². The first-order valence-electron chi connectivity index (χ1n) is 8.02. The number of pyridine rings is 1. The van der Waals surface area contributed by atoms with Gasteiger partial charge in [0, 0.05) is 24.9 Å². The van der Waals surface area contributed by atoms with Crippen LogP contribution in [-0.2, 0) is 13.2 Å². The maximum absolute atomic E-state index is 14.6. The van der Waals surface area contributed by atoms with Gasteiger partial charge in [0.25, 0.3) is 5.56 Å². The minimum atomic E-state index is -4.99. The van der Waals surface area contributed by atoms with Crippen LogP contribution in [0.3, 0.4) is 0 Å². The molecule has 0 aliphatic heterocycles. The fourth-order valence-electron chi connectivity index (χ4n) is 2.80. The summed E-state index contributed by atoms with van der Waals surface area (Å²) in [6.45, 7) is 0. The monoisotopic (exact) mass is 443 g/mol. The Kier molecular flexibility index (Phi) is 5.25. The Bertz CT molecular complexity index is 1300. The number of aromatic carboxylic acids is 1. The van der Waals surface area contributed by atoms with Gasteiger partial charge in [-0.25, -0.2) is 18.5 Å². The largest absolute Gasteiger partial charge is 0.478 e. The Morgan fingerprint density at radius 1 is 1.20 bits per heavy atom. The zero-order chi connectivity index (χ0) is 22.4. The summed E-state index contributed by atoms with van der Waals surface area (Å²) >= 11 is 6.00. The Labute approximate surface area is 169 Å². The molecule has 30 heavy (non-hydrogen) atoms. The van der Waals surface area contributed by atoms with Crippen LogP contribution < -0.4 is 11.2 Å². The fourth-order valence-corrected chi connectivity index (χ4v) is 3.04. The van der Waals surface area contributed by atoms with E-state index in [0.717, 1.165) is 13.1 Å². The highest BCUT2D eigenvalue weighted by Crippen LogP contribution is 2.32. The Hall–Kier alpha value is -3.47. The molecule has 156 valence electrons. The third kappa shape index (κ3) is 3.59. The predicted molar refractivity (Wildman–Crippen MR) is 97.4 cm³/mol. The quantitative estimate of drug-likeness (QED) is 0.628. The molecule has 0 atom stereocenters. The number of aromatic nitrogens is 3. The van der Waals surface area contributed by atoms with Crippen molar-refractivity contribution in [1.82, 2.24) is 14.1 Å². The van der Waals surface area contributed by atoms with E-state index in [1.54, 1.807) is 0 Å². The lowest BCUT2D eigenvalue weighted by atomic mass is 10.0. The molecule has 0 spiro atoms. The SMILES string of the molecule is Cn1c(C(F)(F)F)cc(=O)n(-c2cc(-c3ncccc3C(=O)O)c(Cl)cc2F)c1=O. The van der Waals surface area contributed by atoms with Gasteiger partial charge in [0.05, 0.1) is 22.0 Å². The number of hydrogen-bond donors (Lipinski definition) is 1. The van der Waals surface area contributed by atoms with Gasteiger partial charge in [0.1, 0.15) is 11.5 Å². The summed E-state index contributed by atoms with van der Waals surface area (Å²) in [4.78, 5) is 40.0. The lowest BCUT2D eigenvalue weighted by Crippen LogP contribution is -2.41. The summed E-state index contributed by atoms with van der Waals surface area (Å²) in [7, 11) is 0.775. The highest BCUT2D eigenvalue weighted by Gasteiger charge is 2.35. The summed E-state index contributed by atoms with van der Waals surface area (Å²) in [5.41, 5.74) is -5.74. The summed E-state index contributed by atoms with van der Waals surface area (Å²) in [5.74, 6) is -2.56. The molecule has 0 amide bonds. The van der Waals surface area contributed by atoms with Crippen molar-refractivity contribution < 1.29 is 27.5 Å². The predicted octanol–water partition coefficient (Wildman–Crippen LogP) is 3.11. The fraction of sp³-hybridized carbons (Fsp3) is 0.111. The van der Waals surface area contributed by atoms with E-state index in [2.05, 4.69) is 4.98 Å². The van der Waals surface area contributed by atoms with E-state index in [-0.39, 0.29) is 37.0 Å². The van der Waals surface area contributed by atoms with Gasteiger partial charge >= 0.3 is 17.8 Å². The first-order chi connectivity index (χ1) is 13.9. The summed E-state index contributed by atoms with van der Waals surface area (Å²) in [6, 6.07) is 4.27. The van der Waals surface area contributed by atoms with Crippen molar-refractivity contribution in [1.29, 1.82) is 0 Å². The third-order valence-corrected chi connectivity index (χ3v) is 4.49. The maximum Gasteiger partial charge on any atom is 0.431 e. The van der Waals surface area contributed by atoms with Crippen LogP contribution in [0.4, 0.5) is 17.6 Å². The van der Waals surface area contributed by atoms with Crippen molar-refractivity contribution in [3.05, 3.63) is 79.5 Å². The van der Waals surface area contributed by atoms with E-state index in [0.29, 0.717) is 6.07 Å². The molecule has 0 unspecified atom stereocenters. The van der Waals surface area contributed by atoms with E-state index in [1.165, 1.54) is 18.3 Å². The zero-order valence-electron chi connectivity index (χ0n) is 14.9. The Morgan fingerprint density at radius 3 is 2.47 bits per heavy atom. The first-order valence-corrected chi connectivity index (χ1v) is 8.39. The van der Waals surface area contributed by atoms with Crippen LogP contribution >= 0.6 is 11.6 Å². The molecule has 7 nitrogen and oxygen atoms in total. The van der Waals surface area contributed by atoms with Crippen molar-refractivity contribution in [2.24, 2.45) is 7.05 Å². The maximum atomic E-state index is 14.6. The zero-order valence-corrected chi connectivity index (χ0v) is 15.6. The number of hydrogen-bond acceptors (Lipinski definition) is 4. The molecule has 0 aliphatic carbocycles. The molecule has 1 aromatic carbocycles. The molecular weight excluding hydrogens is 434 g/mol. The molecule has 0 fully saturated rings. The van der Waals surface area contributed by atoms with Crippen molar-refractivity contribution >= 4 is 17.6 Å². The molecule has 2 aromatic heterocycles. The molecule has 1 N–H and O–H groups in total. The lowest BCUT2D eigenvalue weighted by molar-refractivity contribution is -0.144. The molecule has 0 bridgehead atoms. The standard InChI is InChI=1S/C18H10ClF4N3O4/c1-25-13(18(21,22)23)7-14(27)26(17(25)30)12-5-9(10(19)6-11(12)20)15-8(16(28)29)3-2-4-24-15/h2-7H,1H3,(H,28,29). The molecule has 3 aromatic rings. The van der Waals surface area contributed by atoms with Gasteiger partial charge in [-0.2, -0.15) is 13.2 Å². The number of nitrogens with zero attached hydrogens (tertiary/aromatic N) is 3. The van der Waals surface area contributed by atoms with E-state index in [9.17, 15) is 37.1 Å². The second-order valence-corrected chi connectivity index (χ2v) is 6.44. The average Bonchev–Trinajstić information content (AvgIpc) is 2.65. The second kappa shape index (κ2) is 7.41. The van der Waals surface area contributed by atoms with Crippen LogP contribution in [0.15, 0.2) is 46.1 Å². The number of carboxylic acids is 1. The molecule has 12 heteroatoms. The normalized spacial score (nSPS) is 11.5. The van der Waals surface area contributed by atoms with Crippen LogP contribution in [0, 0.1) is 5.82 Å². The summed E-state index contributed by atoms with van der Waals surface area (Å²) in [5, 5.41) is 9.03. The van der Waals surface area contributed by atoms with Crippen LogP contribution in [0.25, 0.3) is 16.9 Å². The van der Waals surface area contributed by atoms with Crippen LogP contribution in [0.5, 0.6) is 0 Å². The molecule has 2 heterocycles. The van der Waals surface area contributed by atoms with E-state index < -0.39 is 40.6 Å². The molecular formula is C18H10ClF4N3O4. The average molecular weight is 444 g/mol. The Balaban J connectivity index is 2.35. The van der Waals surface area contributed by atoms with Gasteiger partial charge in [0.2, 0.25) is 0 Å². The van der Waals surface area contributed by atoms with E-state index in [1.807, 2.05) is 0 Å². The third-order valence-electron chi connectivity index (χ3n) is 4.18. The molecule has 0 aliphatic rings. The lowest BCUT2D eigenvalue weighted by Gasteiger charge is -2.15. The van der Waals surface area contributed by atoms with Gasteiger partial charge in [0.15, 0.2) is 0 Å².